The van der Waals surface area contributed by atoms with E-state index in [2.05, 4.69) is 19.9 Å². The minimum atomic E-state index is -3.62. The highest BCUT2D eigenvalue weighted by Gasteiger charge is 2.51. The van der Waals surface area contributed by atoms with Crippen LogP contribution in [0.15, 0.2) is 131 Å². The third-order valence-corrected chi connectivity index (χ3v) is 15.0. The van der Waals surface area contributed by atoms with Gasteiger partial charge in [0, 0.05) is 19.0 Å². The van der Waals surface area contributed by atoms with Crippen LogP contribution in [-0.2, 0) is 34.0 Å². The molecule has 3 aliphatic rings. The molecule has 0 bridgehead atoms. The van der Waals surface area contributed by atoms with Crippen molar-refractivity contribution < 1.29 is 36.4 Å². The van der Waals surface area contributed by atoms with Crippen molar-refractivity contribution in [1.82, 2.24) is 24.4 Å². The zero-order valence-electron chi connectivity index (χ0n) is 32.5. The number of aromatic nitrogens is 4. The topological polar surface area (TPSA) is 156 Å². The summed E-state index contributed by atoms with van der Waals surface area (Å²) in [5.74, 6) is 1.26. The van der Waals surface area contributed by atoms with Gasteiger partial charge in [0.15, 0.2) is 15.4 Å². The number of hydrogen-bond acceptors (Lipinski definition) is 12. The van der Waals surface area contributed by atoms with Gasteiger partial charge in [-0.15, -0.1) is 0 Å². The molecule has 14 nitrogen and oxygen atoms in total. The number of rotatable bonds is 14. The molecule has 0 spiro atoms. The lowest BCUT2D eigenvalue weighted by Crippen LogP contribution is -2.38. The van der Waals surface area contributed by atoms with Gasteiger partial charge in [0.2, 0.25) is 0 Å². The van der Waals surface area contributed by atoms with Crippen LogP contribution in [0.5, 0.6) is 11.5 Å². The number of nitrogens with one attached hydrogen (secondary N) is 1. The largest absolute Gasteiger partial charge is 0.497 e. The van der Waals surface area contributed by atoms with Crippen LogP contribution in [0.4, 0.5) is 0 Å². The minimum absolute atomic E-state index is 0.0675. The maximum absolute atomic E-state index is 13.6. The van der Waals surface area contributed by atoms with Crippen LogP contribution in [0.3, 0.4) is 0 Å². The molecule has 4 aromatic carbocycles. The molecule has 0 aliphatic carbocycles. The average Bonchev–Trinajstić information content (AvgIpc) is 4.08. The van der Waals surface area contributed by atoms with E-state index in [4.69, 9.17) is 28.0 Å². The number of fused-ring (bicyclic) bond motifs is 2. The quantitative estimate of drug-likeness (QED) is 0.0956. The second-order valence-electron chi connectivity index (χ2n) is 14.8. The van der Waals surface area contributed by atoms with Crippen LogP contribution < -0.4 is 15.0 Å². The molecule has 0 unspecified atom stereocenters. The number of H-pyrrole nitrogens is 1. The number of sulfone groups is 1. The van der Waals surface area contributed by atoms with Crippen molar-refractivity contribution in [3.63, 3.8) is 0 Å². The average molecular weight is 838 g/mol. The molecule has 6 aromatic rings. The van der Waals surface area contributed by atoms with E-state index in [9.17, 15) is 13.2 Å². The number of hydrogen-bond donors (Lipinski definition) is 1. The lowest BCUT2D eigenvalue weighted by Gasteiger charge is -2.37. The van der Waals surface area contributed by atoms with Gasteiger partial charge in [-0.3, -0.25) is 4.79 Å². The Kier molecular flexibility index (Phi) is 11.1. The number of imidazole rings is 1. The fourth-order valence-corrected chi connectivity index (χ4v) is 12.0. The molecule has 59 heavy (non-hydrogen) atoms. The Morgan fingerprint density at radius 1 is 0.864 bits per heavy atom. The molecule has 2 aromatic heterocycles. The maximum Gasteiger partial charge on any atom is 0.292 e. The molecule has 3 saturated heterocycles. The van der Waals surface area contributed by atoms with E-state index in [1.54, 1.807) is 61.6 Å². The molecular formula is C43H44N5O9PS. The fraction of sp³-hybridized carbons (Fsp3) is 0.326. The summed E-state index contributed by atoms with van der Waals surface area (Å²) >= 11 is 0. The fourth-order valence-electron chi connectivity index (χ4n) is 8.41. The molecule has 6 atom stereocenters. The van der Waals surface area contributed by atoms with Crippen molar-refractivity contribution in [2.45, 2.75) is 60.3 Å². The standard InChI is InChI=1S/C43H44N5O9PS/c1-52-32-19-15-30(16-20-32)43(29-10-5-3-6-11-29,31-17-21-33(53-2)22-18-31)54-26-38-37(24-40(55-38)47-28-44-41-36(47)25-45-46-42(41)49)56-58-48-23-9-14-35(48)39(57-58)27-59(50,51)34-12-7-4-8-13-34/h3-8,10-13,15-22,25,28,35,37-40H,9,14,23-24,26-27H2,1-2H3,(H,46,49)/t35-,37-,38+,39+,40+,58-/m0/s1. The molecule has 16 heteroatoms. The van der Waals surface area contributed by atoms with Gasteiger partial charge in [-0.05, 0) is 65.9 Å². The number of aromatic amines is 1. The molecular weight excluding hydrogens is 794 g/mol. The summed E-state index contributed by atoms with van der Waals surface area (Å²) < 4.78 is 69.9. The van der Waals surface area contributed by atoms with Crippen molar-refractivity contribution in [1.29, 1.82) is 0 Å². The summed E-state index contributed by atoms with van der Waals surface area (Å²) in [5.41, 5.74) is 1.84. The summed E-state index contributed by atoms with van der Waals surface area (Å²) in [4.78, 5) is 17.3. The third-order valence-electron chi connectivity index (χ3n) is 11.4. The van der Waals surface area contributed by atoms with Crippen LogP contribution in [0.2, 0.25) is 0 Å². The first-order valence-electron chi connectivity index (χ1n) is 19.5. The number of benzene rings is 4. The van der Waals surface area contributed by atoms with Gasteiger partial charge in [-0.1, -0.05) is 72.8 Å². The van der Waals surface area contributed by atoms with E-state index < -0.39 is 54.1 Å². The van der Waals surface area contributed by atoms with Crippen LogP contribution in [0.1, 0.15) is 42.2 Å². The van der Waals surface area contributed by atoms with Gasteiger partial charge >= 0.3 is 0 Å². The van der Waals surface area contributed by atoms with E-state index in [1.807, 2.05) is 78.9 Å². The molecule has 9 rings (SSSR count). The highest BCUT2D eigenvalue weighted by molar-refractivity contribution is 7.91. The van der Waals surface area contributed by atoms with Gasteiger partial charge in [0.1, 0.15) is 29.4 Å². The van der Waals surface area contributed by atoms with Crippen molar-refractivity contribution in [2.24, 2.45) is 0 Å². The van der Waals surface area contributed by atoms with Crippen molar-refractivity contribution in [2.75, 3.05) is 33.1 Å². The number of methoxy groups -OCH3 is 2. The van der Waals surface area contributed by atoms with Crippen molar-refractivity contribution >= 4 is 29.4 Å². The predicted octanol–water partition coefficient (Wildman–Crippen LogP) is 6.38. The Morgan fingerprint density at radius 3 is 2.17 bits per heavy atom. The number of nitrogens with zero attached hydrogens (tertiary/aromatic N) is 4. The summed E-state index contributed by atoms with van der Waals surface area (Å²) in [7, 11) is -2.03. The molecule has 0 radical (unpaired) electrons. The molecule has 1 N–H and O–H groups in total. The third kappa shape index (κ3) is 7.57. The van der Waals surface area contributed by atoms with Crippen molar-refractivity contribution in [3.05, 3.63) is 149 Å². The Hall–Kier alpha value is -4.99. The number of ether oxygens (including phenoxy) is 4. The molecule has 0 amide bonds. The van der Waals surface area contributed by atoms with E-state index in [-0.39, 0.29) is 28.8 Å². The van der Waals surface area contributed by atoms with E-state index >= 15 is 0 Å². The second-order valence-corrected chi connectivity index (χ2v) is 18.2. The maximum atomic E-state index is 13.6. The lowest BCUT2D eigenvalue weighted by atomic mass is 9.80. The monoisotopic (exact) mass is 837 g/mol. The van der Waals surface area contributed by atoms with Crippen LogP contribution >= 0.6 is 8.53 Å². The van der Waals surface area contributed by atoms with Gasteiger partial charge in [-0.25, -0.2) is 23.2 Å². The summed E-state index contributed by atoms with van der Waals surface area (Å²) in [6, 6.07) is 34.0. The molecule has 306 valence electrons. The smallest absolute Gasteiger partial charge is 0.292 e. The lowest BCUT2D eigenvalue weighted by molar-refractivity contribution is -0.0905. The molecule has 3 fully saturated rings. The Balaban J connectivity index is 1.07. The van der Waals surface area contributed by atoms with E-state index in [0.29, 0.717) is 23.4 Å². The van der Waals surface area contributed by atoms with Gasteiger partial charge in [-0.2, -0.15) is 5.10 Å². The first kappa shape index (κ1) is 39.5. The zero-order chi connectivity index (χ0) is 40.6. The molecule has 0 saturated carbocycles. The van der Waals surface area contributed by atoms with Gasteiger partial charge < -0.3 is 32.6 Å². The highest BCUT2D eigenvalue weighted by atomic mass is 32.2. The minimum Gasteiger partial charge on any atom is -0.497 e. The Labute approximate surface area is 342 Å². The SMILES string of the molecule is COc1ccc(C(OC[C@H]2O[C@@H](n3cnc4c(=O)[nH]ncc43)C[C@@H]2O[P@@]2O[C@H](CS(=O)(=O)c3ccccc3)[C@@H]3CCCN32)(c2ccccc2)c2ccc(OC)cc2)cc1. The van der Waals surface area contributed by atoms with Gasteiger partial charge in [0.25, 0.3) is 14.1 Å². The first-order valence-corrected chi connectivity index (χ1v) is 22.3. The summed E-state index contributed by atoms with van der Waals surface area (Å²) in [5, 5.41) is 6.48. The van der Waals surface area contributed by atoms with E-state index in [0.717, 1.165) is 36.1 Å². The molecule has 3 aliphatic heterocycles. The zero-order valence-corrected chi connectivity index (χ0v) is 34.2. The van der Waals surface area contributed by atoms with Crippen molar-refractivity contribution in [3.8, 4) is 11.5 Å². The summed E-state index contributed by atoms with van der Waals surface area (Å²) in [6.07, 6.45) is 2.83. The Bertz CT molecular complexity index is 2500. The normalized spacial score (nSPS) is 23.4. The first-order chi connectivity index (χ1) is 28.8. The Morgan fingerprint density at radius 2 is 1.51 bits per heavy atom. The highest BCUT2D eigenvalue weighted by Crippen LogP contribution is 2.58. The van der Waals surface area contributed by atoms with Crippen LogP contribution in [0.25, 0.3) is 11.0 Å². The molecule has 5 heterocycles. The predicted molar refractivity (Wildman–Crippen MR) is 220 cm³/mol. The van der Waals surface area contributed by atoms with E-state index in [1.165, 1.54) is 0 Å². The van der Waals surface area contributed by atoms with Gasteiger partial charge in [0.05, 0.1) is 61.7 Å². The van der Waals surface area contributed by atoms with Crippen LogP contribution in [-0.4, -0.2) is 90.3 Å². The van der Waals surface area contributed by atoms with Crippen LogP contribution in [0, 0.1) is 0 Å². The summed E-state index contributed by atoms with van der Waals surface area (Å²) in [6.45, 7) is 0.793. The second kappa shape index (κ2) is 16.6.